The second kappa shape index (κ2) is 11.2. The number of phenolic OH excluding ortho intramolecular Hbond substituents is 1. The Morgan fingerprint density at radius 2 is 1.74 bits per heavy atom. The quantitative estimate of drug-likeness (QED) is 0.309. The predicted molar refractivity (Wildman–Crippen MR) is 132 cm³/mol. The van der Waals surface area contributed by atoms with Crippen LogP contribution in [0.5, 0.6) is 11.5 Å². The Hall–Kier alpha value is -3.32. The van der Waals surface area contributed by atoms with Crippen molar-refractivity contribution in [3.8, 4) is 11.5 Å². The Labute approximate surface area is 201 Å². The fourth-order valence-corrected chi connectivity index (χ4v) is 4.20. The van der Waals surface area contributed by atoms with Crippen molar-refractivity contribution in [2.45, 2.75) is 40.2 Å². The molecule has 2 N–H and O–H groups in total. The predicted octanol–water partition coefficient (Wildman–Crippen LogP) is 4.25. The van der Waals surface area contributed by atoms with Crippen molar-refractivity contribution >= 4 is 17.4 Å². The lowest BCUT2D eigenvalue weighted by Gasteiger charge is -2.28. The van der Waals surface area contributed by atoms with Crippen molar-refractivity contribution in [3.63, 3.8) is 0 Å². The number of benzene rings is 2. The monoisotopic (exact) mass is 466 g/mol. The molecule has 1 heterocycles. The standard InChI is InChI=1S/C27H34N2O5/c1-5-16-34-20-11-9-19(10-12-20)24-23(25(31)21-17-18(4)8-13-22(21)30)26(32)27(33)29(24)15-14-28(6-2)7-3/h8-13,17,24,30-31H,5-7,14-16H2,1-4H3/t24-/m1/s1. The van der Waals surface area contributed by atoms with Gasteiger partial charge in [-0.25, -0.2) is 0 Å². The van der Waals surface area contributed by atoms with Gasteiger partial charge in [-0.3, -0.25) is 9.59 Å². The summed E-state index contributed by atoms with van der Waals surface area (Å²) in [5, 5.41) is 21.6. The van der Waals surface area contributed by atoms with Gasteiger partial charge in [0.25, 0.3) is 11.7 Å². The van der Waals surface area contributed by atoms with Gasteiger partial charge >= 0.3 is 0 Å². The maximum Gasteiger partial charge on any atom is 0.295 e. The Morgan fingerprint density at radius 1 is 1.06 bits per heavy atom. The van der Waals surface area contributed by atoms with Crippen LogP contribution >= 0.6 is 0 Å². The molecule has 0 saturated carbocycles. The first kappa shape index (κ1) is 25.3. The molecule has 0 spiro atoms. The number of phenols is 1. The number of likely N-dealkylation sites (N-methyl/N-ethyl adjacent to an activating group) is 1. The molecule has 0 aliphatic carbocycles. The number of nitrogens with zero attached hydrogens (tertiary/aromatic N) is 2. The minimum Gasteiger partial charge on any atom is -0.507 e. The Kier molecular flexibility index (Phi) is 8.34. The molecule has 3 rings (SSSR count). The third kappa shape index (κ3) is 5.25. The van der Waals surface area contributed by atoms with E-state index >= 15 is 0 Å². The summed E-state index contributed by atoms with van der Waals surface area (Å²) in [6.45, 7) is 11.1. The van der Waals surface area contributed by atoms with Gasteiger partial charge in [-0.2, -0.15) is 0 Å². The van der Waals surface area contributed by atoms with E-state index in [4.69, 9.17) is 4.74 Å². The van der Waals surface area contributed by atoms with Crippen LogP contribution in [0.15, 0.2) is 48.0 Å². The Bertz CT molecular complexity index is 1060. The molecule has 0 unspecified atom stereocenters. The lowest BCUT2D eigenvalue weighted by molar-refractivity contribution is -0.140. The summed E-state index contributed by atoms with van der Waals surface area (Å²) in [6, 6.07) is 11.3. The maximum atomic E-state index is 13.2. The van der Waals surface area contributed by atoms with Crippen LogP contribution in [0.4, 0.5) is 0 Å². The summed E-state index contributed by atoms with van der Waals surface area (Å²) in [6.07, 6.45) is 0.882. The number of aromatic hydroxyl groups is 1. The highest BCUT2D eigenvalue weighted by Crippen LogP contribution is 2.41. The molecular formula is C27H34N2O5. The van der Waals surface area contributed by atoms with E-state index in [9.17, 15) is 19.8 Å². The summed E-state index contributed by atoms with van der Waals surface area (Å²) in [4.78, 5) is 30.0. The number of likely N-dealkylation sites (tertiary alicyclic amines) is 1. The van der Waals surface area contributed by atoms with Crippen LogP contribution < -0.4 is 4.74 Å². The molecular weight excluding hydrogens is 432 g/mol. The average Bonchev–Trinajstić information content (AvgIpc) is 3.09. The van der Waals surface area contributed by atoms with Crippen molar-refractivity contribution in [1.29, 1.82) is 0 Å². The van der Waals surface area contributed by atoms with Crippen molar-refractivity contribution < 1.29 is 24.5 Å². The second-order valence-corrected chi connectivity index (χ2v) is 8.46. The molecule has 0 aromatic heterocycles. The average molecular weight is 467 g/mol. The molecule has 0 radical (unpaired) electrons. The van der Waals surface area contributed by atoms with Crippen LogP contribution in [-0.2, 0) is 9.59 Å². The number of carbonyl (C=O) groups is 2. The zero-order chi connectivity index (χ0) is 24.8. The highest BCUT2D eigenvalue weighted by Gasteiger charge is 2.46. The number of ketones is 1. The molecule has 7 heteroatoms. The molecule has 1 amide bonds. The number of rotatable bonds is 10. The van der Waals surface area contributed by atoms with E-state index in [-0.39, 0.29) is 22.6 Å². The first-order chi connectivity index (χ1) is 16.3. The zero-order valence-electron chi connectivity index (χ0n) is 20.4. The molecule has 1 aliphatic heterocycles. The number of ether oxygens (including phenoxy) is 1. The normalized spacial score (nSPS) is 17.6. The maximum absolute atomic E-state index is 13.2. The van der Waals surface area contributed by atoms with Crippen molar-refractivity contribution in [2.24, 2.45) is 0 Å². The molecule has 1 fully saturated rings. The van der Waals surface area contributed by atoms with E-state index in [2.05, 4.69) is 4.90 Å². The van der Waals surface area contributed by atoms with Crippen LogP contribution in [0, 0.1) is 6.92 Å². The lowest BCUT2D eigenvalue weighted by atomic mass is 9.94. The van der Waals surface area contributed by atoms with Crippen LogP contribution in [0.1, 0.15) is 49.9 Å². The molecule has 1 atom stereocenters. The number of Topliss-reactive ketones (excluding diaryl/α,β-unsaturated/α-hetero) is 1. The SMILES string of the molecule is CCCOc1ccc([C@@H]2C(=C(O)c3cc(C)ccc3O)C(=O)C(=O)N2CCN(CC)CC)cc1. The van der Waals surface area contributed by atoms with E-state index in [0.29, 0.717) is 31.0 Å². The van der Waals surface area contributed by atoms with E-state index in [1.54, 1.807) is 24.3 Å². The third-order valence-electron chi connectivity index (χ3n) is 6.17. The van der Waals surface area contributed by atoms with E-state index in [1.165, 1.54) is 11.0 Å². The van der Waals surface area contributed by atoms with E-state index in [1.807, 2.05) is 39.8 Å². The molecule has 34 heavy (non-hydrogen) atoms. The Morgan fingerprint density at radius 3 is 2.35 bits per heavy atom. The lowest BCUT2D eigenvalue weighted by Crippen LogP contribution is -2.38. The summed E-state index contributed by atoms with van der Waals surface area (Å²) < 4.78 is 5.67. The number of aryl methyl sites for hydroxylation is 1. The molecule has 7 nitrogen and oxygen atoms in total. The van der Waals surface area contributed by atoms with Crippen LogP contribution in [0.2, 0.25) is 0 Å². The van der Waals surface area contributed by atoms with Crippen LogP contribution in [0.25, 0.3) is 5.76 Å². The third-order valence-corrected chi connectivity index (χ3v) is 6.17. The fraction of sp³-hybridized carbons (Fsp3) is 0.407. The van der Waals surface area contributed by atoms with Crippen molar-refractivity contribution in [3.05, 3.63) is 64.7 Å². The first-order valence-electron chi connectivity index (χ1n) is 11.9. The molecule has 2 aromatic rings. The summed E-state index contributed by atoms with van der Waals surface area (Å²) in [7, 11) is 0. The second-order valence-electron chi connectivity index (χ2n) is 8.46. The van der Waals surface area contributed by atoms with Gasteiger partial charge in [-0.05, 0) is 56.3 Å². The van der Waals surface area contributed by atoms with Gasteiger partial charge in [0.1, 0.15) is 17.3 Å². The van der Waals surface area contributed by atoms with Crippen molar-refractivity contribution in [2.75, 3.05) is 32.8 Å². The van der Waals surface area contributed by atoms with E-state index < -0.39 is 17.7 Å². The highest BCUT2D eigenvalue weighted by molar-refractivity contribution is 6.46. The first-order valence-corrected chi connectivity index (χ1v) is 11.9. The fourth-order valence-electron chi connectivity index (χ4n) is 4.20. The van der Waals surface area contributed by atoms with Gasteiger partial charge < -0.3 is 24.7 Å². The van der Waals surface area contributed by atoms with Crippen LogP contribution in [0.3, 0.4) is 0 Å². The minimum absolute atomic E-state index is 0.0207. The molecule has 1 aliphatic rings. The highest BCUT2D eigenvalue weighted by atomic mass is 16.5. The summed E-state index contributed by atoms with van der Waals surface area (Å²) in [5.74, 6) is -1.24. The van der Waals surface area contributed by atoms with Crippen LogP contribution in [-0.4, -0.2) is 64.5 Å². The van der Waals surface area contributed by atoms with Gasteiger partial charge in [-0.1, -0.05) is 44.5 Å². The van der Waals surface area contributed by atoms with Crippen molar-refractivity contribution in [1.82, 2.24) is 9.80 Å². The Balaban J connectivity index is 2.09. The number of aliphatic hydroxyl groups excluding tert-OH is 1. The number of carbonyl (C=O) groups excluding carboxylic acids is 2. The minimum atomic E-state index is -0.768. The molecule has 1 saturated heterocycles. The van der Waals surface area contributed by atoms with Gasteiger partial charge in [0.2, 0.25) is 0 Å². The smallest absolute Gasteiger partial charge is 0.295 e. The number of hydrogen-bond donors (Lipinski definition) is 2. The molecule has 0 bridgehead atoms. The van der Waals surface area contributed by atoms with Gasteiger partial charge in [0.15, 0.2) is 0 Å². The van der Waals surface area contributed by atoms with Gasteiger partial charge in [-0.15, -0.1) is 0 Å². The number of hydrogen-bond acceptors (Lipinski definition) is 6. The summed E-state index contributed by atoms with van der Waals surface area (Å²) >= 11 is 0. The molecule has 182 valence electrons. The topological polar surface area (TPSA) is 90.3 Å². The molecule has 2 aromatic carbocycles. The number of amides is 1. The largest absolute Gasteiger partial charge is 0.507 e. The number of aliphatic hydroxyl groups is 1. The van der Waals surface area contributed by atoms with E-state index in [0.717, 1.165) is 25.1 Å². The van der Waals surface area contributed by atoms with Gasteiger partial charge in [0, 0.05) is 13.1 Å². The summed E-state index contributed by atoms with van der Waals surface area (Å²) in [5.41, 5.74) is 1.61. The van der Waals surface area contributed by atoms with Gasteiger partial charge in [0.05, 0.1) is 23.8 Å². The zero-order valence-corrected chi connectivity index (χ0v) is 20.4.